The molecule has 1 atom stereocenters. The molecule has 0 N–H and O–H groups in total. The Balaban J connectivity index is 0.000000236. The van der Waals surface area contributed by atoms with Gasteiger partial charge < -0.3 is 9.47 Å². The van der Waals surface area contributed by atoms with E-state index in [1.54, 1.807) is 22.7 Å². The molecule has 0 bridgehead atoms. The number of aromatic nitrogens is 4. The summed E-state index contributed by atoms with van der Waals surface area (Å²) < 4.78 is 10.6. The molecule has 0 spiro atoms. The third-order valence-electron chi connectivity index (χ3n) is 5.24. The van der Waals surface area contributed by atoms with Crippen LogP contribution in [-0.4, -0.2) is 44.1 Å². The Bertz CT molecular complexity index is 1580. The molecule has 1 unspecified atom stereocenters. The molecule has 4 rings (SSSR count). The van der Waals surface area contributed by atoms with E-state index in [-0.39, 0.29) is 29.0 Å². The van der Waals surface area contributed by atoms with Crippen LogP contribution >= 0.6 is 61.3 Å². The highest BCUT2D eigenvalue weighted by Gasteiger charge is 2.28. The van der Waals surface area contributed by atoms with E-state index in [1.165, 1.54) is 22.7 Å². The topological polar surface area (TPSA) is 104 Å². The number of hydrogen-bond donors (Lipinski definition) is 0. The largest absolute Gasteiger partial charge is 0.458 e. The molecule has 4 heterocycles. The van der Waals surface area contributed by atoms with Crippen molar-refractivity contribution in [2.45, 2.75) is 86.3 Å². The van der Waals surface area contributed by atoms with Crippen molar-refractivity contribution in [1.29, 1.82) is 0 Å². The lowest BCUT2D eigenvalue weighted by atomic mass is 10.1. The Kier molecular flexibility index (Phi) is 12.8. The average molecular weight is 726 g/mol. The number of esters is 2. The Morgan fingerprint density at radius 3 is 1.63 bits per heavy atom. The molecule has 0 aliphatic heterocycles. The molecule has 0 fully saturated rings. The van der Waals surface area contributed by atoms with E-state index in [4.69, 9.17) is 9.47 Å². The Hall–Kier alpha value is -2.32. The van der Waals surface area contributed by atoms with E-state index < -0.39 is 0 Å². The first-order valence-corrected chi connectivity index (χ1v) is 17.9. The van der Waals surface area contributed by atoms with Gasteiger partial charge in [0.25, 0.3) is 0 Å². The maximum absolute atomic E-state index is 12.3. The number of rotatable bonds is 9. The first-order valence-electron chi connectivity index (χ1n) is 13.7. The third kappa shape index (κ3) is 9.84. The molecule has 0 saturated heterocycles. The van der Waals surface area contributed by atoms with Gasteiger partial charge in [-0.05, 0) is 67.4 Å². The van der Waals surface area contributed by atoms with Crippen molar-refractivity contribution in [3.63, 3.8) is 0 Å². The van der Waals surface area contributed by atoms with Crippen LogP contribution in [0.3, 0.4) is 0 Å². The van der Waals surface area contributed by atoms with E-state index in [1.807, 2.05) is 73.9 Å². The fourth-order valence-corrected chi connectivity index (χ4v) is 7.83. The molecule has 0 saturated carbocycles. The molecule has 0 radical (unpaired) electrons. The summed E-state index contributed by atoms with van der Waals surface area (Å²) in [6.45, 7) is 19.5. The van der Waals surface area contributed by atoms with Gasteiger partial charge in [-0.1, -0.05) is 35.4 Å². The lowest BCUT2D eigenvalue weighted by Gasteiger charge is -2.13. The van der Waals surface area contributed by atoms with Crippen molar-refractivity contribution in [2.75, 3.05) is 0 Å². The van der Waals surface area contributed by atoms with Gasteiger partial charge in [-0.3, -0.25) is 0 Å². The minimum atomic E-state index is -0.381. The first-order chi connectivity index (χ1) is 20.2. The minimum Gasteiger partial charge on any atom is -0.458 e. The number of halogens is 1. The molecule has 0 amide bonds. The summed E-state index contributed by atoms with van der Waals surface area (Å²) in [6.07, 6.45) is 5.26. The maximum Gasteiger partial charge on any atom is 0.358 e. The summed E-state index contributed by atoms with van der Waals surface area (Å²) in [5.74, 6) is -0.406. The quantitative estimate of drug-likeness (QED) is 0.124. The monoisotopic (exact) mass is 724 g/mol. The summed E-state index contributed by atoms with van der Waals surface area (Å²) in [5, 5.41) is 3.21. The van der Waals surface area contributed by atoms with Gasteiger partial charge in [-0.25, -0.2) is 29.5 Å². The minimum absolute atomic E-state index is 0.0644. The van der Waals surface area contributed by atoms with Crippen molar-refractivity contribution in [1.82, 2.24) is 19.9 Å². The highest BCUT2D eigenvalue weighted by atomic mass is 79.9. The number of hydrogen-bond acceptors (Lipinski definition) is 12. The molecule has 232 valence electrons. The molecule has 0 aliphatic carbocycles. The summed E-state index contributed by atoms with van der Waals surface area (Å²) >= 11 is 9.80. The van der Waals surface area contributed by atoms with E-state index in [9.17, 15) is 9.59 Å². The molecular weight excluding hydrogens is 689 g/mol. The van der Waals surface area contributed by atoms with Crippen molar-refractivity contribution >= 4 is 79.3 Å². The molecule has 0 aliphatic rings. The van der Waals surface area contributed by atoms with Crippen LogP contribution in [0.5, 0.6) is 0 Å². The lowest BCUT2D eigenvalue weighted by molar-refractivity contribution is 0.0360. The second-order valence-corrected chi connectivity index (χ2v) is 16.3. The van der Waals surface area contributed by atoms with Gasteiger partial charge in [0.05, 0.1) is 26.8 Å². The fraction of sp³-hybridized carbons (Fsp3) is 0.467. The van der Waals surface area contributed by atoms with Gasteiger partial charge >= 0.3 is 11.9 Å². The van der Waals surface area contributed by atoms with Crippen LogP contribution < -0.4 is 0 Å². The third-order valence-corrected chi connectivity index (χ3v) is 11.3. The summed E-state index contributed by atoms with van der Waals surface area (Å²) in [4.78, 5) is 46.2. The smallest absolute Gasteiger partial charge is 0.358 e. The van der Waals surface area contributed by atoms with Gasteiger partial charge in [0.15, 0.2) is 31.4 Å². The van der Waals surface area contributed by atoms with Gasteiger partial charge in [-0.15, -0.1) is 45.3 Å². The van der Waals surface area contributed by atoms with Crippen molar-refractivity contribution < 1.29 is 19.1 Å². The van der Waals surface area contributed by atoms with Gasteiger partial charge in [0.1, 0.15) is 0 Å². The van der Waals surface area contributed by atoms with Crippen LogP contribution in [-0.2, 0) is 9.47 Å². The van der Waals surface area contributed by atoms with Gasteiger partial charge in [0, 0.05) is 22.1 Å². The number of aryl methyl sites for hydroxylation is 2. The van der Waals surface area contributed by atoms with Crippen LogP contribution in [0.1, 0.15) is 101 Å². The zero-order valence-electron chi connectivity index (χ0n) is 26.0. The van der Waals surface area contributed by atoms with E-state index >= 15 is 0 Å². The zero-order chi connectivity index (χ0) is 32.0. The molecule has 43 heavy (non-hydrogen) atoms. The average Bonchev–Trinajstić information content (AvgIpc) is 3.69. The van der Waals surface area contributed by atoms with Crippen LogP contribution in [0, 0.1) is 19.8 Å². The number of ether oxygens (including phenoxy) is 2. The molecule has 13 heteroatoms. The fourth-order valence-electron chi connectivity index (χ4n) is 3.44. The second kappa shape index (κ2) is 15.6. The Labute approximate surface area is 277 Å². The van der Waals surface area contributed by atoms with E-state index in [0.29, 0.717) is 17.3 Å². The van der Waals surface area contributed by atoms with Crippen LogP contribution in [0.2, 0.25) is 0 Å². The summed E-state index contributed by atoms with van der Waals surface area (Å²) in [6, 6.07) is 0. The van der Waals surface area contributed by atoms with Crippen LogP contribution in [0.15, 0.2) is 18.0 Å². The zero-order valence-corrected chi connectivity index (χ0v) is 30.8. The SMILES string of the molecule is CC(C)=Cc1sc(-c2ncc(C)s2)nc1C(=O)OC(C)C.Cc1cnc(-c2nc(C(=O)OC(C)C)c(C(Br)C(C)C)s2)s1. The number of carbonyl (C=O) groups is 2. The van der Waals surface area contributed by atoms with Crippen molar-refractivity contribution in [3.8, 4) is 20.0 Å². The molecule has 0 aromatic carbocycles. The predicted molar refractivity (Wildman–Crippen MR) is 183 cm³/mol. The molecule has 8 nitrogen and oxygen atoms in total. The predicted octanol–water partition coefficient (Wildman–Crippen LogP) is 9.80. The standard InChI is InChI=1S/C15H19BrN2O2S2.C15H18N2O2S2/c1-7(2)10(16)12-11(15(19)20-8(3)4)18-14(22-12)13-17-6-9(5)21-13;1-8(2)6-11-12(15(18)19-9(3)4)17-14(21-11)13-16-7-10(5)20-13/h6-8,10H,1-5H3;6-7,9H,1-5H3. The molecule has 4 aromatic heterocycles. The highest BCUT2D eigenvalue weighted by molar-refractivity contribution is 9.09. The van der Waals surface area contributed by atoms with Crippen molar-refractivity contribution in [2.24, 2.45) is 5.92 Å². The number of carbonyl (C=O) groups excluding carboxylic acids is 2. The highest BCUT2D eigenvalue weighted by Crippen LogP contribution is 2.41. The summed E-state index contributed by atoms with van der Waals surface area (Å²) in [5.41, 5.74) is 1.88. The number of nitrogens with zero attached hydrogens (tertiary/aromatic N) is 4. The second-order valence-electron chi connectivity index (χ2n) is 10.8. The van der Waals surface area contributed by atoms with Gasteiger partial charge in [-0.2, -0.15) is 0 Å². The first kappa shape index (κ1) is 35.2. The van der Waals surface area contributed by atoms with E-state index in [2.05, 4.69) is 49.7 Å². The Morgan fingerprint density at radius 2 is 1.21 bits per heavy atom. The molecule has 4 aromatic rings. The molecular formula is C30H37BrN4O4S4. The maximum atomic E-state index is 12.3. The van der Waals surface area contributed by atoms with Gasteiger partial charge in [0.2, 0.25) is 0 Å². The summed E-state index contributed by atoms with van der Waals surface area (Å²) in [7, 11) is 0. The van der Waals surface area contributed by atoms with Crippen molar-refractivity contribution in [3.05, 3.63) is 48.9 Å². The van der Waals surface area contributed by atoms with Crippen LogP contribution in [0.4, 0.5) is 0 Å². The Morgan fingerprint density at radius 1 is 0.744 bits per heavy atom. The number of alkyl halides is 1. The lowest BCUT2D eigenvalue weighted by Crippen LogP contribution is -2.14. The van der Waals surface area contributed by atoms with Crippen LogP contribution in [0.25, 0.3) is 26.1 Å². The number of allylic oxidation sites excluding steroid dienone is 1. The van der Waals surface area contributed by atoms with E-state index in [0.717, 1.165) is 45.1 Å². The number of thiazole rings is 4. The normalized spacial score (nSPS) is 11.9.